The summed E-state index contributed by atoms with van der Waals surface area (Å²) in [6, 6.07) is 3.31. The Labute approximate surface area is 137 Å². The second-order valence-corrected chi connectivity index (χ2v) is 5.77. The number of nitrogens with one attached hydrogen (secondary N) is 1. The third-order valence-electron chi connectivity index (χ3n) is 4.47. The lowest BCUT2D eigenvalue weighted by Gasteiger charge is -2.23. The molecule has 0 saturated heterocycles. The molecule has 2 rings (SSSR count). The zero-order valence-electron chi connectivity index (χ0n) is 14.1. The van der Waals surface area contributed by atoms with Crippen LogP contribution in [0.3, 0.4) is 0 Å². The average molecular weight is 322 g/mol. The van der Waals surface area contributed by atoms with Gasteiger partial charge in [-0.05, 0) is 30.9 Å². The minimum absolute atomic E-state index is 0.00379. The minimum Gasteiger partial charge on any atom is -0.493 e. The first-order valence-electron chi connectivity index (χ1n) is 7.95. The molecule has 0 radical (unpaired) electrons. The second-order valence-electron chi connectivity index (χ2n) is 5.77. The number of hydrogen-bond acceptors (Lipinski definition) is 5. The predicted octanol–water partition coefficient (Wildman–Crippen LogP) is 1.96. The lowest BCUT2D eigenvalue weighted by molar-refractivity contribution is 0.0923. The number of hydrogen-bond donors (Lipinski definition) is 2. The molecule has 0 aromatic heterocycles. The Morgan fingerprint density at radius 1 is 1.17 bits per heavy atom. The van der Waals surface area contributed by atoms with Crippen LogP contribution in [0.15, 0.2) is 12.1 Å². The van der Waals surface area contributed by atoms with Crippen molar-refractivity contribution in [2.75, 3.05) is 27.9 Å². The van der Waals surface area contributed by atoms with Crippen LogP contribution in [0.2, 0.25) is 0 Å². The van der Waals surface area contributed by atoms with Crippen LogP contribution in [0.1, 0.15) is 36.0 Å². The topological polar surface area (TPSA) is 82.8 Å². The molecule has 1 aromatic rings. The van der Waals surface area contributed by atoms with Gasteiger partial charge in [-0.1, -0.05) is 12.8 Å². The fourth-order valence-corrected chi connectivity index (χ4v) is 3.19. The molecule has 1 aliphatic carbocycles. The van der Waals surface area contributed by atoms with Crippen molar-refractivity contribution < 1.29 is 19.0 Å². The maximum atomic E-state index is 12.6. The highest BCUT2D eigenvalue weighted by Gasteiger charge is 2.26. The van der Waals surface area contributed by atoms with E-state index in [9.17, 15) is 4.79 Å². The van der Waals surface area contributed by atoms with E-state index in [-0.39, 0.29) is 11.9 Å². The van der Waals surface area contributed by atoms with Crippen molar-refractivity contribution in [3.8, 4) is 17.2 Å². The van der Waals surface area contributed by atoms with Crippen molar-refractivity contribution in [2.24, 2.45) is 11.7 Å². The van der Waals surface area contributed by atoms with Crippen molar-refractivity contribution in [2.45, 2.75) is 31.7 Å². The highest BCUT2D eigenvalue weighted by molar-refractivity contribution is 5.95. The molecule has 1 unspecified atom stereocenters. The van der Waals surface area contributed by atoms with Crippen LogP contribution in [0.25, 0.3) is 0 Å². The van der Waals surface area contributed by atoms with Gasteiger partial charge in [0.25, 0.3) is 5.91 Å². The summed E-state index contributed by atoms with van der Waals surface area (Å²) in [4.78, 5) is 12.6. The summed E-state index contributed by atoms with van der Waals surface area (Å²) in [5, 5.41) is 3.05. The maximum absolute atomic E-state index is 12.6. The van der Waals surface area contributed by atoms with Gasteiger partial charge in [0.2, 0.25) is 5.75 Å². The number of carbonyl (C=O) groups excluding carboxylic acids is 1. The lowest BCUT2D eigenvalue weighted by atomic mass is 9.97. The fraction of sp³-hybridized carbons (Fsp3) is 0.588. The predicted molar refractivity (Wildman–Crippen MR) is 88.4 cm³/mol. The van der Waals surface area contributed by atoms with Gasteiger partial charge < -0.3 is 25.3 Å². The van der Waals surface area contributed by atoms with E-state index in [0.717, 1.165) is 12.8 Å². The summed E-state index contributed by atoms with van der Waals surface area (Å²) >= 11 is 0. The van der Waals surface area contributed by atoms with Gasteiger partial charge in [-0.15, -0.1) is 0 Å². The Morgan fingerprint density at radius 2 is 1.74 bits per heavy atom. The Balaban J connectivity index is 2.20. The molecular formula is C17H26N2O4. The van der Waals surface area contributed by atoms with E-state index in [4.69, 9.17) is 19.9 Å². The van der Waals surface area contributed by atoms with Crippen molar-refractivity contribution in [1.82, 2.24) is 5.32 Å². The molecule has 0 heterocycles. The Hall–Kier alpha value is -1.95. The summed E-state index contributed by atoms with van der Waals surface area (Å²) in [7, 11) is 4.59. The summed E-state index contributed by atoms with van der Waals surface area (Å²) < 4.78 is 15.9. The van der Waals surface area contributed by atoms with E-state index in [1.54, 1.807) is 12.1 Å². The first-order chi connectivity index (χ1) is 11.1. The average Bonchev–Trinajstić information content (AvgIpc) is 3.12. The van der Waals surface area contributed by atoms with E-state index < -0.39 is 0 Å². The molecule has 1 aliphatic rings. The number of rotatable bonds is 7. The number of methoxy groups -OCH3 is 3. The highest BCUT2D eigenvalue weighted by Crippen LogP contribution is 2.38. The third-order valence-corrected chi connectivity index (χ3v) is 4.47. The van der Waals surface area contributed by atoms with E-state index in [1.165, 1.54) is 34.2 Å². The highest BCUT2D eigenvalue weighted by atomic mass is 16.5. The minimum atomic E-state index is -0.174. The van der Waals surface area contributed by atoms with Gasteiger partial charge in [-0.2, -0.15) is 0 Å². The van der Waals surface area contributed by atoms with Gasteiger partial charge in [0, 0.05) is 18.2 Å². The first kappa shape index (κ1) is 17.4. The van der Waals surface area contributed by atoms with Crippen LogP contribution in [-0.2, 0) is 0 Å². The van der Waals surface area contributed by atoms with Crippen LogP contribution in [0.4, 0.5) is 0 Å². The fourth-order valence-electron chi connectivity index (χ4n) is 3.19. The Kier molecular flexibility index (Phi) is 6.10. The molecule has 1 amide bonds. The van der Waals surface area contributed by atoms with Crippen LogP contribution >= 0.6 is 0 Å². The summed E-state index contributed by atoms with van der Waals surface area (Å²) in [6.07, 6.45) is 4.66. The van der Waals surface area contributed by atoms with Gasteiger partial charge in [0.05, 0.1) is 21.3 Å². The SMILES string of the molecule is COc1cc(C(=O)NC(CN)C2CCCC2)cc(OC)c1OC. The Morgan fingerprint density at radius 3 is 2.17 bits per heavy atom. The van der Waals surface area contributed by atoms with Crippen LogP contribution in [-0.4, -0.2) is 39.8 Å². The normalized spacial score (nSPS) is 16.0. The number of benzene rings is 1. The Bertz CT molecular complexity index is 516. The lowest BCUT2D eigenvalue weighted by Crippen LogP contribution is -2.44. The van der Waals surface area contributed by atoms with E-state index in [2.05, 4.69) is 5.32 Å². The van der Waals surface area contributed by atoms with Gasteiger partial charge in [0.15, 0.2) is 11.5 Å². The van der Waals surface area contributed by atoms with Gasteiger partial charge in [0.1, 0.15) is 0 Å². The number of ether oxygens (including phenoxy) is 3. The van der Waals surface area contributed by atoms with Crippen LogP contribution in [0.5, 0.6) is 17.2 Å². The summed E-state index contributed by atoms with van der Waals surface area (Å²) in [5.41, 5.74) is 6.32. The molecule has 1 atom stereocenters. The van der Waals surface area contributed by atoms with Gasteiger partial charge in [-0.25, -0.2) is 0 Å². The van der Waals surface area contributed by atoms with Crippen molar-refractivity contribution in [1.29, 1.82) is 0 Å². The summed E-state index contributed by atoms with van der Waals surface area (Å²) in [5.74, 6) is 1.68. The molecule has 0 aliphatic heterocycles. The standard InChI is InChI=1S/C17H26N2O4/c1-21-14-8-12(9-15(22-2)16(14)23-3)17(20)19-13(10-18)11-6-4-5-7-11/h8-9,11,13H,4-7,10,18H2,1-3H3,(H,19,20). The zero-order valence-corrected chi connectivity index (χ0v) is 14.1. The second kappa shape index (κ2) is 8.06. The molecule has 1 aromatic carbocycles. The molecule has 128 valence electrons. The quantitative estimate of drug-likeness (QED) is 0.802. The largest absolute Gasteiger partial charge is 0.493 e. The molecule has 0 bridgehead atoms. The number of carbonyl (C=O) groups is 1. The van der Waals surface area contributed by atoms with Gasteiger partial charge in [-0.3, -0.25) is 4.79 Å². The molecule has 0 spiro atoms. The molecule has 23 heavy (non-hydrogen) atoms. The van der Waals surface area contributed by atoms with Crippen LogP contribution in [0, 0.1) is 5.92 Å². The molecular weight excluding hydrogens is 296 g/mol. The number of nitrogens with two attached hydrogens (primary N) is 1. The number of amides is 1. The van der Waals surface area contributed by atoms with E-state index in [1.807, 2.05) is 0 Å². The first-order valence-corrected chi connectivity index (χ1v) is 7.95. The van der Waals surface area contributed by atoms with E-state index >= 15 is 0 Å². The zero-order chi connectivity index (χ0) is 16.8. The molecule has 6 heteroatoms. The third kappa shape index (κ3) is 3.88. The molecule has 3 N–H and O–H groups in total. The molecule has 6 nitrogen and oxygen atoms in total. The van der Waals surface area contributed by atoms with Crippen molar-refractivity contribution in [3.63, 3.8) is 0 Å². The van der Waals surface area contributed by atoms with Crippen molar-refractivity contribution >= 4 is 5.91 Å². The van der Waals surface area contributed by atoms with Crippen LogP contribution < -0.4 is 25.3 Å². The maximum Gasteiger partial charge on any atom is 0.251 e. The van der Waals surface area contributed by atoms with E-state index in [0.29, 0.717) is 35.3 Å². The summed E-state index contributed by atoms with van der Waals surface area (Å²) in [6.45, 7) is 0.445. The van der Waals surface area contributed by atoms with Gasteiger partial charge >= 0.3 is 0 Å². The molecule has 1 fully saturated rings. The smallest absolute Gasteiger partial charge is 0.251 e. The van der Waals surface area contributed by atoms with Crippen molar-refractivity contribution in [3.05, 3.63) is 17.7 Å². The monoisotopic (exact) mass is 322 g/mol. The molecule has 1 saturated carbocycles.